The summed E-state index contributed by atoms with van der Waals surface area (Å²) in [6.45, 7) is 5.19. The standard InChI is InChI=1S/C21H29ClO7/c1-10-6-12-7-21(3,19(27)15(12)11(2)13(10)4-5-22)9-28-20-18(26)17(25)16(24)14(8-23)29-20/h6,14,16-18,20,23-26H,4-5,7-9H2,1-3H3/t14-,16-,17+,18-,20-,21-/m1/s1. The number of benzene rings is 1. The first-order valence-corrected chi connectivity index (χ1v) is 10.3. The van der Waals surface area contributed by atoms with Crippen molar-refractivity contribution in [2.45, 2.75) is 64.3 Å². The van der Waals surface area contributed by atoms with Gasteiger partial charge in [0.05, 0.1) is 18.6 Å². The van der Waals surface area contributed by atoms with Crippen molar-refractivity contribution >= 4 is 17.4 Å². The molecule has 29 heavy (non-hydrogen) atoms. The molecule has 1 aliphatic carbocycles. The number of aliphatic hydroxyl groups excluding tert-OH is 4. The summed E-state index contributed by atoms with van der Waals surface area (Å²) in [5.41, 5.74) is 3.96. The minimum atomic E-state index is -1.52. The Kier molecular flexibility index (Phi) is 6.70. The van der Waals surface area contributed by atoms with Crippen LogP contribution in [0.5, 0.6) is 0 Å². The summed E-state index contributed by atoms with van der Waals surface area (Å²) in [7, 11) is 0. The van der Waals surface area contributed by atoms with E-state index >= 15 is 0 Å². The molecule has 0 amide bonds. The molecule has 0 radical (unpaired) electrons. The van der Waals surface area contributed by atoms with Gasteiger partial charge < -0.3 is 29.9 Å². The summed E-state index contributed by atoms with van der Waals surface area (Å²) in [5.74, 6) is 0.442. The van der Waals surface area contributed by atoms with Gasteiger partial charge in [0.15, 0.2) is 12.1 Å². The number of aliphatic hydroxyl groups is 4. The second-order valence-corrected chi connectivity index (χ2v) is 8.72. The fourth-order valence-electron chi connectivity index (χ4n) is 4.43. The minimum absolute atomic E-state index is 0.0352. The van der Waals surface area contributed by atoms with Gasteiger partial charge in [-0.15, -0.1) is 11.6 Å². The third-order valence-electron chi connectivity index (χ3n) is 6.13. The maximum Gasteiger partial charge on any atom is 0.186 e. The van der Waals surface area contributed by atoms with E-state index < -0.39 is 42.7 Å². The van der Waals surface area contributed by atoms with Crippen molar-refractivity contribution < 1.29 is 34.7 Å². The molecular weight excluding hydrogens is 400 g/mol. The first-order valence-electron chi connectivity index (χ1n) is 9.79. The number of carbonyl (C=O) groups is 1. The molecule has 8 heteroatoms. The van der Waals surface area contributed by atoms with Crippen molar-refractivity contribution in [3.05, 3.63) is 33.9 Å². The molecule has 1 aromatic rings. The second kappa shape index (κ2) is 8.59. The number of hydrogen-bond donors (Lipinski definition) is 4. The summed E-state index contributed by atoms with van der Waals surface area (Å²) in [4.78, 5) is 13.3. The van der Waals surface area contributed by atoms with Gasteiger partial charge in [0.1, 0.15) is 24.4 Å². The van der Waals surface area contributed by atoms with Crippen LogP contribution < -0.4 is 0 Å². The van der Waals surface area contributed by atoms with E-state index in [1.165, 1.54) is 0 Å². The zero-order valence-electron chi connectivity index (χ0n) is 16.9. The lowest BCUT2D eigenvalue weighted by Gasteiger charge is -2.40. The second-order valence-electron chi connectivity index (χ2n) is 8.34. The molecule has 1 aromatic carbocycles. The van der Waals surface area contributed by atoms with Crippen molar-refractivity contribution in [3.8, 4) is 0 Å². The summed E-state index contributed by atoms with van der Waals surface area (Å²) in [5, 5.41) is 39.3. The van der Waals surface area contributed by atoms with Crippen molar-refractivity contribution in [1.29, 1.82) is 0 Å². The maximum atomic E-state index is 13.3. The quantitative estimate of drug-likeness (QED) is 0.491. The first kappa shape index (κ1) is 22.6. The molecule has 162 valence electrons. The van der Waals surface area contributed by atoms with Gasteiger partial charge in [0.25, 0.3) is 0 Å². The van der Waals surface area contributed by atoms with E-state index in [1.807, 2.05) is 19.9 Å². The molecule has 0 bridgehead atoms. The van der Waals surface area contributed by atoms with E-state index in [4.69, 9.17) is 21.1 Å². The lowest BCUT2D eigenvalue weighted by Crippen LogP contribution is -2.59. The van der Waals surface area contributed by atoms with Crippen LogP contribution in [0, 0.1) is 19.3 Å². The number of ketones is 1. The number of Topliss-reactive ketones (excluding diaryl/α,β-unsaturated/α-hetero) is 1. The lowest BCUT2D eigenvalue weighted by molar-refractivity contribution is -0.304. The van der Waals surface area contributed by atoms with E-state index in [2.05, 4.69) is 0 Å². The third-order valence-corrected chi connectivity index (χ3v) is 6.32. The molecule has 6 atom stereocenters. The molecule has 1 fully saturated rings. The molecule has 7 nitrogen and oxygen atoms in total. The predicted octanol–water partition coefficient (Wildman–Crippen LogP) is 0.646. The number of halogens is 1. The van der Waals surface area contributed by atoms with E-state index in [1.54, 1.807) is 6.92 Å². The van der Waals surface area contributed by atoms with Crippen LogP contribution in [0.2, 0.25) is 0 Å². The van der Waals surface area contributed by atoms with Crippen LogP contribution in [0.25, 0.3) is 0 Å². The van der Waals surface area contributed by atoms with E-state index in [0.29, 0.717) is 24.3 Å². The Morgan fingerprint density at radius 2 is 1.93 bits per heavy atom. The molecule has 0 saturated carbocycles. The number of carbonyl (C=O) groups excluding carboxylic acids is 1. The molecule has 1 heterocycles. The molecule has 4 N–H and O–H groups in total. The molecule has 2 aliphatic rings. The Balaban J connectivity index is 1.78. The highest BCUT2D eigenvalue weighted by Crippen LogP contribution is 2.41. The Bertz CT molecular complexity index is 781. The van der Waals surface area contributed by atoms with Crippen molar-refractivity contribution in [1.82, 2.24) is 0 Å². The topological polar surface area (TPSA) is 116 Å². The molecule has 3 rings (SSSR count). The van der Waals surface area contributed by atoms with Crippen molar-refractivity contribution in [3.63, 3.8) is 0 Å². The number of alkyl halides is 1. The van der Waals surface area contributed by atoms with Crippen LogP contribution in [0.3, 0.4) is 0 Å². The highest BCUT2D eigenvalue weighted by molar-refractivity contribution is 6.18. The molecule has 0 spiro atoms. The smallest absolute Gasteiger partial charge is 0.186 e. The van der Waals surface area contributed by atoms with Crippen molar-refractivity contribution in [2.24, 2.45) is 5.41 Å². The first-order chi connectivity index (χ1) is 13.6. The Morgan fingerprint density at radius 3 is 2.55 bits per heavy atom. The van der Waals surface area contributed by atoms with E-state index in [9.17, 15) is 25.2 Å². The summed E-state index contributed by atoms with van der Waals surface area (Å²) < 4.78 is 11.1. The van der Waals surface area contributed by atoms with E-state index in [-0.39, 0.29) is 12.4 Å². The Morgan fingerprint density at radius 1 is 1.24 bits per heavy atom. The monoisotopic (exact) mass is 428 g/mol. The van der Waals surface area contributed by atoms with Crippen molar-refractivity contribution in [2.75, 3.05) is 19.1 Å². The number of rotatable bonds is 6. The number of ether oxygens (including phenoxy) is 2. The van der Waals surface area contributed by atoms with Gasteiger partial charge in [-0.2, -0.15) is 0 Å². The number of fused-ring (bicyclic) bond motifs is 1. The molecule has 1 saturated heterocycles. The number of hydrogen-bond acceptors (Lipinski definition) is 7. The maximum absolute atomic E-state index is 13.3. The summed E-state index contributed by atoms with van der Waals surface area (Å²) >= 11 is 5.92. The van der Waals surface area contributed by atoms with Crippen LogP contribution in [0.15, 0.2) is 6.07 Å². The zero-order valence-corrected chi connectivity index (χ0v) is 17.6. The van der Waals surface area contributed by atoms with Gasteiger partial charge in [-0.25, -0.2) is 0 Å². The van der Waals surface area contributed by atoms with Gasteiger partial charge in [0, 0.05) is 11.4 Å². The van der Waals surface area contributed by atoms with Gasteiger partial charge in [-0.3, -0.25) is 4.79 Å². The largest absolute Gasteiger partial charge is 0.394 e. The minimum Gasteiger partial charge on any atom is -0.394 e. The molecule has 0 unspecified atom stereocenters. The average molecular weight is 429 g/mol. The van der Waals surface area contributed by atoms with Crippen LogP contribution >= 0.6 is 11.6 Å². The third kappa shape index (κ3) is 3.97. The predicted molar refractivity (Wildman–Crippen MR) is 106 cm³/mol. The van der Waals surface area contributed by atoms with Gasteiger partial charge in [-0.1, -0.05) is 6.07 Å². The SMILES string of the molecule is Cc1cc2c(c(C)c1CCCl)C(=O)[C@@](C)(CO[C@@H]1O[C@H](CO)[C@@H](O)[C@H](O)[C@H]1O)C2. The fourth-order valence-corrected chi connectivity index (χ4v) is 4.62. The highest BCUT2D eigenvalue weighted by Gasteiger charge is 2.47. The summed E-state index contributed by atoms with van der Waals surface area (Å²) in [6.07, 6.45) is -5.58. The van der Waals surface area contributed by atoms with Gasteiger partial charge in [0.2, 0.25) is 0 Å². The fraction of sp³-hybridized carbons (Fsp3) is 0.667. The number of aryl methyl sites for hydroxylation is 1. The Hall–Kier alpha value is -1.06. The van der Waals surface area contributed by atoms with Crippen LogP contribution in [-0.2, 0) is 22.3 Å². The van der Waals surface area contributed by atoms with Crippen LogP contribution in [-0.4, -0.2) is 76.0 Å². The summed E-state index contributed by atoms with van der Waals surface area (Å²) in [6, 6.07) is 2.03. The average Bonchev–Trinajstić information content (AvgIpc) is 2.93. The van der Waals surface area contributed by atoms with E-state index in [0.717, 1.165) is 22.3 Å². The normalized spacial score (nSPS) is 34.5. The van der Waals surface area contributed by atoms with Gasteiger partial charge >= 0.3 is 0 Å². The van der Waals surface area contributed by atoms with Crippen LogP contribution in [0.1, 0.15) is 39.5 Å². The zero-order chi connectivity index (χ0) is 21.5. The lowest BCUT2D eigenvalue weighted by atomic mass is 9.86. The van der Waals surface area contributed by atoms with Crippen LogP contribution in [0.4, 0.5) is 0 Å². The Labute approximate surface area is 175 Å². The molecule has 1 aliphatic heterocycles. The van der Waals surface area contributed by atoms with Gasteiger partial charge in [-0.05, 0) is 55.9 Å². The highest BCUT2D eigenvalue weighted by atomic mass is 35.5. The molecular formula is C21H29ClO7. The molecule has 0 aromatic heterocycles.